The molecule has 2 rings (SSSR count). The summed E-state index contributed by atoms with van der Waals surface area (Å²) >= 11 is 0. The van der Waals surface area contributed by atoms with Crippen LogP contribution in [0.1, 0.15) is 12.8 Å². The number of piperazine rings is 1. The molecule has 4 N–H and O–H groups in total. The summed E-state index contributed by atoms with van der Waals surface area (Å²) in [5, 5.41) is 12.7. The van der Waals surface area contributed by atoms with E-state index in [0.29, 0.717) is 18.0 Å². The number of aliphatic hydroxyl groups is 1. The van der Waals surface area contributed by atoms with Gasteiger partial charge in [0.2, 0.25) is 0 Å². The van der Waals surface area contributed by atoms with E-state index >= 15 is 0 Å². The maximum Gasteiger partial charge on any atom is 0.0558 e. The van der Waals surface area contributed by atoms with Crippen LogP contribution in [0.3, 0.4) is 0 Å². The van der Waals surface area contributed by atoms with Crippen LogP contribution in [0.5, 0.6) is 0 Å². The molecule has 2 fully saturated rings. The number of aliphatic hydroxyl groups excluding tert-OH is 1. The molecular formula is C13H28N4O. The van der Waals surface area contributed by atoms with E-state index in [-0.39, 0.29) is 6.61 Å². The first-order valence-electron chi connectivity index (χ1n) is 7.22. The van der Waals surface area contributed by atoms with Gasteiger partial charge in [0, 0.05) is 38.3 Å². The van der Waals surface area contributed by atoms with Crippen molar-refractivity contribution in [3.8, 4) is 0 Å². The molecule has 3 atom stereocenters. The molecular weight excluding hydrogens is 228 g/mol. The predicted molar refractivity (Wildman–Crippen MR) is 73.5 cm³/mol. The molecule has 0 bridgehead atoms. The molecule has 0 spiro atoms. The summed E-state index contributed by atoms with van der Waals surface area (Å²) in [6, 6.07) is 1.09. The summed E-state index contributed by atoms with van der Waals surface area (Å²) in [6.45, 7) is 6.13. The Morgan fingerprint density at radius 1 is 1.33 bits per heavy atom. The zero-order chi connectivity index (χ0) is 13.0. The van der Waals surface area contributed by atoms with Gasteiger partial charge in [0.1, 0.15) is 0 Å². The maximum atomic E-state index is 9.20. The van der Waals surface area contributed by atoms with E-state index < -0.39 is 0 Å². The highest BCUT2D eigenvalue weighted by atomic mass is 16.3. The number of likely N-dealkylation sites (N-methyl/N-ethyl adjacent to an activating group) is 1. The Morgan fingerprint density at radius 3 is 2.89 bits per heavy atom. The molecule has 5 heteroatoms. The van der Waals surface area contributed by atoms with E-state index in [1.165, 1.54) is 12.8 Å². The number of nitrogens with zero attached hydrogens (tertiary/aromatic N) is 2. The molecule has 0 amide bonds. The zero-order valence-electron chi connectivity index (χ0n) is 11.5. The van der Waals surface area contributed by atoms with Crippen LogP contribution >= 0.6 is 0 Å². The van der Waals surface area contributed by atoms with Gasteiger partial charge in [0.15, 0.2) is 0 Å². The Labute approximate surface area is 110 Å². The van der Waals surface area contributed by atoms with Crippen LogP contribution in [0.15, 0.2) is 0 Å². The van der Waals surface area contributed by atoms with E-state index in [9.17, 15) is 5.11 Å². The molecule has 2 saturated heterocycles. The highest BCUT2D eigenvalue weighted by Crippen LogP contribution is 2.25. The summed E-state index contributed by atoms with van der Waals surface area (Å²) in [5.41, 5.74) is 5.85. The maximum absolute atomic E-state index is 9.20. The molecule has 0 aromatic heterocycles. The Morgan fingerprint density at radius 2 is 2.17 bits per heavy atom. The van der Waals surface area contributed by atoms with Crippen LogP contribution in [-0.2, 0) is 0 Å². The molecule has 3 unspecified atom stereocenters. The van der Waals surface area contributed by atoms with E-state index in [0.717, 1.165) is 39.3 Å². The molecule has 0 aliphatic carbocycles. The van der Waals surface area contributed by atoms with Gasteiger partial charge in [0.05, 0.1) is 6.61 Å². The van der Waals surface area contributed by atoms with Crippen molar-refractivity contribution in [1.82, 2.24) is 15.1 Å². The number of likely N-dealkylation sites (tertiary alicyclic amines) is 1. The highest BCUT2D eigenvalue weighted by molar-refractivity contribution is 4.93. The predicted octanol–water partition coefficient (Wildman–Crippen LogP) is -1.08. The largest absolute Gasteiger partial charge is 0.395 e. The lowest BCUT2D eigenvalue weighted by atomic mass is 9.86. The number of hydrogen-bond acceptors (Lipinski definition) is 5. The minimum atomic E-state index is 0.257. The lowest BCUT2D eigenvalue weighted by Crippen LogP contribution is -2.62. The van der Waals surface area contributed by atoms with Crippen molar-refractivity contribution < 1.29 is 5.11 Å². The summed E-state index contributed by atoms with van der Waals surface area (Å²) in [5.74, 6) is 0.670. The van der Waals surface area contributed by atoms with Crippen molar-refractivity contribution in [1.29, 1.82) is 0 Å². The van der Waals surface area contributed by atoms with Crippen LogP contribution in [0.2, 0.25) is 0 Å². The highest BCUT2D eigenvalue weighted by Gasteiger charge is 2.35. The van der Waals surface area contributed by atoms with Gasteiger partial charge >= 0.3 is 0 Å². The second-order valence-corrected chi connectivity index (χ2v) is 5.71. The topological polar surface area (TPSA) is 64.8 Å². The summed E-state index contributed by atoms with van der Waals surface area (Å²) in [7, 11) is 2.23. The van der Waals surface area contributed by atoms with Crippen LogP contribution in [0, 0.1) is 5.92 Å². The smallest absolute Gasteiger partial charge is 0.0558 e. The molecule has 2 aliphatic rings. The molecule has 0 radical (unpaired) electrons. The molecule has 2 aliphatic heterocycles. The number of piperidine rings is 1. The second-order valence-electron chi connectivity index (χ2n) is 5.71. The fourth-order valence-electron chi connectivity index (χ4n) is 3.41. The monoisotopic (exact) mass is 256 g/mol. The van der Waals surface area contributed by atoms with Gasteiger partial charge in [0.25, 0.3) is 0 Å². The normalized spacial score (nSPS) is 35.8. The SMILES string of the molecule is CN1CCC(CN)CC1C1CNCCN1CCO. The Balaban J connectivity index is 2.01. The summed E-state index contributed by atoms with van der Waals surface area (Å²) in [6.07, 6.45) is 2.42. The fourth-order valence-corrected chi connectivity index (χ4v) is 3.41. The molecule has 2 heterocycles. The first kappa shape index (κ1) is 14.2. The minimum absolute atomic E-state index is 0.257. The van der Waals surface area contributed by atoms with Crippen LogP contribution in [0.4, 0.5) is 0 Å². The fraction of sp³-hybridized carbons (Fsp3) is 1.00. The lowest BCUT2D eigenvalue weighted by molar-refractivity contribution is 0.0294. The molecule has 0 aromatic rings. The average Bonchev–Trinajstić information content (AvgIpc) is 2.41. The number of hydrogen-bond donors (Lipinski definition) is 3. The summed E-state index contributed by atoms with van der Waals surface area (Å²) in [4.78, 5) is 4.92. The van der Waals surface area contributed by atoms with Gasteiger partial charge in [-0.1, -0.05) is 0 Å². The van der Waals surface area contributed by atoms with Crippen LogP contribution in [0.25, 0.3) is 0 Å². The third kappa shape index (κ3) is 3.22. The van der Waals surface area contributed by atoms with E-state index in [1.807, 2.05) is 0 Å². The quantitative estimate of drug-likeness (QED) is 0.597. The van der Waals surface area contributed by atoms with Gasteiger partial charge in [-0.2, -0.15) is 0 Å². The second kappa shape index (κ2) is 6.82. The van der Waals surface area contributed by atoms with Gasteiger partial charge in [-0.3, -0.25) is 4.90 Å². The molecule has 0 aromatic carbocycles. The van der Waals surface area contributed by atoms with E-state index in [2.05, 4.69) is 22.2 Å². The van der Waals surface area contributed by atoms with Crippen LogP contribution < -0.4 is 11.1 Å². The van der Waals surface area contributed by atoms with Crippen molar-refractivity contribution >= 4 is 0 Å². The number of nitrogens with two attached hydrogens (primary N) is 1. The van der Waals surface area contributed by atoms with Crippen LogP contribution in [-0.4, -0.2) is 79.9 Å². The first-order chi connectivity index (χ1) is 8.76. The lowest BCUT2D eigenvalue weighted by Gasteiger charge is -2.47. The van der Waals surface area contributed by atoms with E-state index in [1.54, 1.807) is 0 Å². The third-order valence-corrected chi connectivity index (χ3v) is 4.59. The summed E-state index contributed by atoms with van der Waals surface area (Å²) < 4.78 is 0. The molecule has 5 nitrogen and oxygen atoms in total. The number of rotatable bonds is 4. The molecule has 18 heavy (non-hydrogen) atoms. The van der Waals surface area contributed by atoms with Crippen molar-refractivity contribution in [3.63, 3.8) is 0 Å². The van der Waals surface area contributed by atoms with Crippen molar-refractivity contribution in [2.45, 2.75) is 24.9 Å². The van der Waals surface area contributed by atoms with Crippen molar-refractivity contribution in [2.24, 2.45) is 11.7 Å². The van der Waals surface area contributed by atoms with Gasteiger partial charge in [-0.15, -0.1) is 0 Å². The minimum Gasteiger partial charge on any atom is -0.395 e. The van der Waals surface area contributed by atoms with E-state index in [4.69, 9.17) is 5.73 Å². The Kier molecular flexibility index (Phi) is 5.38. The van der Waals surface area contributed by atoms with Gasteiger partial charge < -0.3 is 21.1 Å². The van der Waals surface area contributed by atoms with Crippen molar-refractivity contribution in [2.75, 3.05) is 52.9 Å². The zero-order valence-corrected chi connectivity index (χ0v) is 11.5. The third-order valence-electron chi connectivity index (χ3n) is 4.59. The Bertz CT molecular complexity index is 249. The van der Waals surface area contributed by atoms with Crippen molar-refractivity contribution in [3.05, 3.63) is 0 Å². The Hall–Kier alpha value is -0.200. The molecule has 106 valence electrons. The molecule has 0 saturated carbocycles. The number of β-amino-alcohol motifs (C(OH)–C–C–N with tert-alkyl or cyclic N) is 1. The number of nitrogens with one attached hydrogen (secondary N) is 1. The standard InChI is InChI=1S/C13H28N4O/c1-16-4-2-11(9-14)8-12(16)13-10-15-3-5-17(13)6-7-18/h11-13,15,18H,2-10,14H2,1H3. The van der Waals surface area contributed by atoms with Gasteiger partial charge in [-0.05, 0) is 38.9 Å². The first-order valence-corrected chi connectivity index (χ1v) is 7.22. The van der Waals surface area contributed by atoms with Gasteiger partial charge in [-0.25, -0.2) is 0 Å². The average molecular weight is 256 g/mol.